The monoisotopic (exact) mass is 307 g/mol. The lowest BCUT2D eigenvalue weighted by Crippen LogP contribution is -2.44. The fourth-order valence-electron chi connectivity index (χ4n) is 3.47. The van der Waals surface area contributed by atoms with Crippen LogP contribution in [0.3, 0.4) is 0 Å². The Bertz CT molecular complexity index is 712. The standard InChI is InChI=1S/C21H25NO/c1-15-17-11-8-12-18(16-9-6-5-7-10-16)19(17)13-14-22(15)20(23)21(2,3)4/h5-12,15H,13-14H2,1-4H3/t15-/m1/s1. The molecule has 2 aromatic carbocycles. The summed E-state index contributed by atoms with van der Waals surface area (Å²) in [6, 6.07) is 17.1. The van der Waals surface area contributed by atoms with Crippen LogP contribution in [0.5, 0.6) is 0 Å². The second-order valence-corrected chi connectivity index (χ2v) is 7.41. The van der Waals surface area contributed by atoms with Crippen molar-refractivity contribution in [3.8, 4) is 11.1 Å². The van der Waals surface area contributed by atoms with Crippen LogP contribution in [0.25, 0.3) is 11.1 Å². The van der Waals surface area contributed by atoms with Crippen molar-refractivity contribution in [2.75, 3.05) is 6.54 Å². The van der Waals surface area contributed by atoms with Crippen LogP contribution in [0, 0.1) is 5.41 Å². The van der Waals surface area contributed by atoms with Gasteiger partial charge in [-0.1, -0.05) is 69.3 Å². The van der Waals surface area contributed by atoms with E-state index in [1.54, 1.807) is 0 Å². The largest absolute Gasteiger partial charge is 0.335 e. The fourth-order valence-corrected chi connectivity index (χ4v) is 3.47. The average molecular weight is 307 g/mol. The van der Waals surface area contributed by atoms with E-state index in [2.05, 4.69) is 49.4 Å². The molecule has 0 unspecified atom stereocenters. The minimum absolute atomic E-state index is 0.133. The molecule has 0 aliphatic carbocycles. The van der Waals surface area contributed by atoms with Gasteiger partial charge >= 0.3 is 0 Å². The van der Waals surface area contributed by atoms with E-state index in [0.717, 1.165) is 13.0 Å². The van der Waals surface area contributed by atoms with Gasteiger partial charge in [-0.25, -0.2) is 0 Å². The Morgan fingerprint density at radius 3 is 2.39 bits per heavy atom. The highest BCUT2D eigenvalue weighted by Gasteiger charge is 2.34. The maximum atomic E-state index is 12.7. The molecule has 23 heavy (non-hydrogen) atoms. The Balaban J connectivity index is 2.01. The summed E-state index contributed by atoms with van der Waals surface area (Å²) >= 11 is 0. The van der Waals surface area contributed by atoms with Crippen molar-refractivity contribution in [1.82, 2.24) is 4.90 Å². The van der Waals surface area contributed by atoms with Crippen LogP contribution in [0.15, 0.2) is 48.5 Å². The number of rotatable bonds is 1. The van der Waals surface area contributed by atoms with Crippen molar-refractivity contribution < 1.29 is 4.79 Å². The zero-order valence-electron chi connectivity index (χ0n) is 14.5. The first-order chi connectivity index (χ1) is 10.9. The summed E-state index contributed by atoms with van der Waals surface area (Å²) in [4.78, 5) is 14.8. The number of carbonyl (C=O) groups is 1. The molecule has 0 bridgehead atoms. The number of hydrogen-bond donors (Lipinski definition) is 0. The molecule has 1 atom stereocenters. The first kappa shape index (κ1) is 15.8. The molecule has 0 aromatic heterocycles. The second kappa shape index (κ2) is 5.84. The van der Waals surface area contributed by atoms with Gasteiger partial charge in [0.15, 0.2) is 0 Å². The summed E-state index contributed by atoms with van der Waals surface area (Å²) in [6.45, 7) is 8.94. The van der Waals surface area contributed by atoms with Crippen molar-refractivity contribution in [1.29, 1.82) is 0 Å². The Hall–Kier alpha value is -2.09. The zero-order chi connectivity index (χ0) is 16.6. The molecule has 120 valence electrons. The number of carbonyl (C=O) groups excluding carboxylic acids is 1. The first-order valence-corrected chi connectivity index (χ1v) is 8.38. The smallest absolute Gasteiger partial charge is 0.228 e. The number of fused-ring (bicyclic) bond motifs is 1. The van der Waals surface area contributed by atoms with E-state index in [9.17, 15) is 4.79 Å². The van der Waals surface area contributed by atoms with Crippen LogP contribution in [0.2, 0.25) is 0 Å². The maximum Gasteiger partial charge on any atom is 0.228 e. The van der Waals surface area contributed by atoms with Gasteiger partial charge in [0.2, 0.25) is 5.91 Å². The molecule has 0 saturated heterocycles. The van der Waals surface area contributed by atoms with Gasteiger partial charge in [-0.05, 0) is 35.6 Å². The van der Waals surface area contributed by atoms with Crippen LogP contribution in [0.1, 0.15) is 44.9 Å². The number of amides is 1. The molecule has 1 heterocycles. The zero-order valence-corrected chi connectivity index (χ0v) is 14.5. The molecule has 0 saturated carbocycles. The molecule has 0 fully saturated rings. The van der Waals surface area contributed by atoms with Gasteiger partial charge in [-0.15, -0.1) is 0 Å². The number of hydrogen-bond acceptors (Lipinski definition) is 1. The van der Waals surface area contributed by atoms with E-state index in [1.807, 2.05) is 31.7 Å². The third-order valence-electron chi connectivity index (χ3n) is 4.72. The van der Waals surface area contributed by atoms with E-state index in [4.69, 9.17) is 0 Å². The fraction of sp³-hybridized carbons (Fsp3) is 0.381. The molecule has 2 nitrogen and oxygen atoms in total. The lowest BCUT2D eigenvalue weighted by atomic mass is 9.85. The Morgan fingerprint density at radius 2 is 1.74 bits per heavy atom. The highest BCUT2D eigenvalue weighted by molar-refractivity contribution is 5.82. The van der Waals surface area contributed by atoms with E-state index in [0.29, 0.717) is 0 Å². The van der Waals surface area contributed by atoms with Gasteiger partial charge in [-0.2, -0.15) is 0 Å². The van der Waals surface area contributed by atoms with Gasteiger partial charge in [0.25, 0.3) is 0 Å². The van der Waals surface area contributed by atoms with Crippen LogP contribution in [-0.4, -0.2) is 17.4 Å². The highest BCUT2D eigenvalue weighted by Crippen LogP contribution is 2.37. The van der Waals surface area contributed by atoms with Crippen LogP contribution in [-0.2, 0) is 11.2 Å². The molecule has 1 aliphatic rings. The predicted octanol–water partition coefficient (Wildman–Crippen LogP) is 4.85. The van der Waals surface area contributed by atoms with Crippen molar-refractivity contribution >= 4 is 5.91 Å². The van der Waals surface area contributed by atoms with Crippen LogP contribution >= 0.6 is 0 Å². The topological polar surface area (TPSA) is 20.3 Å². The Labute approximate surface area is 139 Å². The molecule has 2 aromatic rings. The van der Waals surface area contributed by atoms with Crippen molar-refractivity contribution in [3.05, 3.63) is 59.7 Å². The molecule has 0 radical (unpaired) electrons. The summed E-state index contributed by atoms with van der Waals surface area (Å²) in [5.74, 6) is 0.237. The number of nitrogens with zero attached hydrogens (tertiary/aromatic N) is 1. The number of benzene rings is 2. The van der Waals surface area contributed by atoms with Crippen molar-refractivity contribution in [3.63, 3.8) is 0 Å². The molecule has 0 spiro atoms. The third kappa shape index (κ3) is 2.90. The van der Waals surface area contributed by atoms with Gasteiger partial charge in [0.1, 0.15) is 0 Å². The van der Waals surface area contributed by atoms with E-state index < -0.39 is 0 Å². The second-order valence-electron chi connectivity index (χ2n) is 7.41. The first-order valence-electron chi connectivity index (χ1n) is 8.38. The molecular weight excluding hydrogens is 282 g/mol. The van der Waals surface area contributed by atoms with Gasteiger partial charge in [-0.3, -0.25) is 4.79 Å². The molecule has 1 amide bonds. The summed E-state index contributed by atoms with van der Waals surface area (Å²) in [7, 11) is 0. The lowest BCUT2D eigenvalue weighted by molar-refractivity contribution is -0.142. The van der Waals surface area contributed by atoms with Gasteiger partial charge in [0, 0.05) is 12.0 Å². The molecular formula is C21H25NO. The van der Waals surface area contributed by atoms with Gasteiger partial charge < -0.3 is 4.90 Å². The molecule has 1 aliphatic heterocycles. The van der Waals surface area contributed by atoms with Crippen LogP contribution < -0.4 is 0 Å². The quantitative estimate of drug-likeness (QED) is 0.738. The SMILES string of the molecule is C[C@@H]1c2cccc(-c3ccccc3)c2CCN1C(=O)C(C)(C)C. The van der Waals surface area contributed by atoms with Gasteiger partial charge in [0.05, 0.1) is 6.04 Å². The molecule has 0 N–H and O–H groups in total. The molecule has 3 rings (SSSR count). The molecule has 2 heteroatoms. The van der Waals surface area contributed by atoms with Crippen molar-refractivity contribution in [2.45, 2.75) is 40.2 Å². The summed E-state index contributed by atoms with van der Waals surface area (Å²) in [6.07, 6.45) is 0.923. The van der Waals surface area contributed by atoms with E-state index in [1.165, 1.54) is 22.3 Å². The Kier molecular flexibility index (Phi) is 4.01. The Morgan fingerprint density at radius 1 is 1.04 bits per heavy atom. The average Bonchev–Trinajstić information content (AvgIpc) is 2.54. The third-order valence-corrected chi connectivity index (χ3v) is 4.72. The van der Waals surface area contributed by atoms with Crippen LogP contribution in [0.4, 0.5) is 0 Å². The summed E-state index contributed by atoms with van der Waals surface area (Å²) < 4.78 is 0. The highest BCUT2D eigenvalue weighted by atomic mass is 16.2. The summed E-state index contributed by atoms with van der Waals surface area (Å²) in [5.41, 5.74) is 4.91. The normalized spacial score (nSPS) is 17.7. The maximum absolute atomic E-state index is 12.7. The minimum Gasteiger partial charge on any atom is -0.335 e. The lowest BCUT2D eigenvalue weighted by Gasteiger charge is -2.39. The minimum atomic E-state index is -0.331. The van der Waals surface area contributed by atoms with Crippen molar-refractivity contribution in [2.24, 2.45) is 5.41 Å². The predicted molar refractivity (Wildman–Crippen MR) is 95.2 cm³/mol. The van der Waals surface area contributed by atoms with E-state index in [-0.39, 0.29) is 17.4 Å². The van der Waals surface area contributed by atoms with E-state index >= 15 is 0 Å². The summed E-state index contributed by atoms with van der Waals surface area (Å²) in [5, 5.41) is 0.